The van der Waals surface area contributed by atoms with Crippen molar-refractivity contribution in [3.8, 4) is 22.5 Å². The maximum Gasteiger partial charge on any atom is 0.159 e. The van der Waals surface area contributed by atoms with Gasteiger partial charge in [0.2, 0.25) is 0 Å². The van der Waals surface area contributed by atoms with Crippen LogP contribution in [0.25, 0.3) is 98.8 Å². The van der Waals surface area contributed by atoms with Gasteiger partial charge in [-0.1, -0.05) is 140 Å². The van der Waals surface area contributed by atoms with Crippen LogP contribution < -0.4 is 4.90 Å². The second kappa shape index (κ2) is 13.6. The molecule has 4 nitrogen and oxygen atoms in total. The van der Waals surface area contributed by atoms with Crippen molar-refractivity contribution in [3.63, 3.8) is 0 Å². The van der Waals surface area contributed by atoms with Gasteiger partial charge in [0.1, 0.15) is 5.58 Å². The number of rotatable bonds is 6. The zero-order valence-electron chi connectivity index (χ0n) is 33.6. The van der Waals surface area contributed by atoms with E-state index in [1.165, 1.54) is 48.9 Å². The Morgan fingerprint density at radius 2 is 0.855 bits per heavy atom. The van der Waals surface area contributed by atoms with Gasteiger partial charge in [-0.25, -0.2) is 0 Å². The van der Waals surface area contributed by atoms with E-state index in [2.05, 4.69) is 232 Å². The molecule has 0 bridgehead atoms. The summed E-state index contributed by atoms with van der Waals surface area (Å²) in [6, 6.07) is 80.9. The normalized spacial score (nSPS) is 11.9. The first kappa shape index (κ1) is 34.5. The number of hydrogen-bond donors (Lipinski definition) is 0. The second-order valence-corrected chi connectivity index (χ2v) is 16.1. The molecule has 290 valence electrons. The van der Waals surface area contributed by atoms with Crippen LogP contribution >= 0.6 is 0 Å². The summed E-state index contributed by atoms with van der Waals surface area (Å²) in [5, 5.41) is 9.66. The number of furan rings is 1. The molecule has 0 aliphatic rings. The van der Waals surface area contributed by atoms with Crippen LogP contribution in [0.3, 0.4) is 0 Å². The van der Waals surface area contributed by atoms with Crippen LogP contribution in [0.2, 0.25) is 0 Å². The Labute approximate surface area is 357 Å². The van der Waals surface area contributed by atoms with E-state index in [0.29, 0.717) is 0 Å². The lowest BCUT2D eigenvalue weighted by atomic mass is 10.0. The second-order valence-electron chi connectivity index (χ2n) is 16.1. The third kappa shape index (κ3) is 5.27. The summed E-state index contributed by atoms with van der Waals surface area (Å²) >= 11 is 0. The molecule has 13 rings (SSSR count). The Morgan fingerprint density at radius 3 is 1.60 bits per heavy atom. The van der Waals surface area contributed by atoms with Gasteiger partial charge >= 0.3 is 0 Å². The van der Waals surface area contributed by atoms with Crippen LogP contribution in [0.1, 0.15) is 0 Å². The smallest absolute Gasteiger partial charge is 0.159 e. The van der Waals surface area contributed by atoms with E-state index in [1.54, 1.807) is 0 Å². The van der Waals surface area contributed by atoms with Gasteiger partial charge in [0.15, 0.2) is 5.58 Å². The Morgan fingerprint density at radius 1 is 0.323 bits per heavy atom. The molecule has 3 aromatic heterocycles. The third-order valence-corrected chi connectivity index (χ3v) is 12.7. The maximum atomic E-state index is 6.70. The first-order valence-electron chi connectivity index (χ1n) is 21.2. The van der Waals surface area contributed by atoms with Crippen LogP contribution in [0.4, 0.5) is 17.1 Å². The minimum atomic E-state index is 0.857. The number of fused-ring (bicyclic) bond motifs is 10. The molecule has 0 spiro atoms. The Bertz CT molecular complexity index is 3850. The monoisotopic (exact) mass is 791 g/mol. The van der Waals surface area contributed by atoms with Crippen molar-refractivity contribution in [1.82, 2.24) is 9.13 Å². The van der Waals surface area contributed by atoms with E-state index >= 15 is 0 Å². The fourth-order valence-corrected chi connectivity index (χ4v) is 9.83. The lowest BCUT2D eigenvalue weighted by molar-refractivity contribution is 0.669. The van der Waals surface area contributed by atoms with Crippen LogP contribution in [0.5, 0.6) is 0 Å². The molecule has 0 N–H and O–H groups in total. The molecular weight excluding hydrogens is 755 g/mol. The molecule has 10 aromatic carbocycles. The number of para-hydroxylation sites is 5. The minimum Gasteiger partial charge on any atom is -0.454 e. The summed E-state index contributed by atoms with van der Waals surface area (Å²) in [6.45, 7) is 0. The van der Waals surface area contributed by atoms with E-state index in [-0.39, 0.29) is 0 Å². The zero-order valence-corrected chi connectivity index (χ0v) is 33.6. The molecule has 0 saturated heterocycles. The summed E-state index contributed by atoms with van der Waals surface area (Å²) < 4.78 is 11.5. The van der Waals surface area contributed by atoms with Crippen LogP contribution in [-0.4, -0.2) is 9.13 Å². The summed E-state index contributed by atoms with van der Waals surface area (Å²) in [7, 11) is 0. The van der Waals surface area contributed by atoms with Crippen molar-refractivity contribution in [2.45, 2.75) is 0 Å². The number of anilines is 3. The van der Waals surface area contributed by atoms with Crippen molar-refractivity contribution in [2.24, 2.45) is 0 Å². The molecule has 0 aliphatic carbocycles. The van der Waals surface area contributed by atoms with Crippen molar-refractivity contribution in [1.29, 1.82) is 0 Å². The molecular formula is C58H37N3O. The summed E-state index contributed by atoms with van der Waals surface area (Å²) in [4.78, 5) is 2.34. The minimum absolute atomic E-state index is 0.857. The average Bonchev–Trinajstić information content (AvgIpc) is 3.99. The van der Waals surface area contributed by atoms with E-state index in [9.17, 15) is 0 Å². The molecule has 0 radical (unpaired) electrons. The first-order chi connectivity index (χ1) is 30.7. The predicted molar refractivity (Wildman–Crippen MR) is 260 cm³/mol. The highest BCUT2D eigenvalue weighted by Gasteiger charge is 2.22. The molecule has 0 fully saturated rings. The molecule has 62 heavy (non-hydrogen) atoms. The maximum absolute atomic E-state index is 6.70. The van der Waals surface area contributed by atoms with Crippen LogP contribution in [0, 0.1) is 0 Å². The topological polar surface area (TPSA) is 26.2 Å². The molecule has 3 heterocycles. The highest BCUT2D eigenvalue weighted by atomic mass is 16.3. The van der Waals surface area contributed by atoms with Crippen molar-refractivity contribution in [3.05, 3.63) is 224 Å². The molecule has 13 aromatic rings. The van der Waals surface area contributed by atoms with Crippen LogP contribution in [-0.2, 0) is 0 Å². The summed E-state index contributed by atoms with van der Waals surface area (Å²) in [5.74, 6) is 0. The van der Waals surface area contributed by atoms with E-state index in [1.807, 2.05) is 6.07 Å². The average molecular weight is 792 g/mol. The van der Waals surface area contributed by atoms with Crippen molar-refractivity contribution >= 4 is 93.4 Å². The third-order valence-electron chi connectivity index (χ3n) is 12.7. The van der Waals surface area contributed by atoms with Gasteiger partial charge < -0.3 is 18.5 Å². The largest absolute Gasteiger partial charge is 0.454 e. The van der Waals surface area contributed by atoms with Gasteiger partial charge in [-0.05, 0) is 107 Å². The first-order valence-corrected chi connectivity index (χ1v) is 21.2. The molecule has 4 heteroatoms. The lowest BCUT2D eigenvalue weighted by Gasteiger charge is -2.26. The van der Waals surface area contributed by atoms with Gasteiger partial charge in [0, 0.05) is 55.1 Å². The summed E-state index contributed by atoms with van der Waals surface area (Å²) in [6.07, 6.45) is 0. The van der Waals surface area contributed by atoms with Gasteiger partial charge in [-0.2, -0.15) is 0 Å². The quantitative estimate of drug-likeness (QED) is 0.168. The Hall–Kier alpha value is -8.34. The Kier molecular flexibility index (Phi) is 7.57. The van der Waals surface area contributed by atoms with E-state index < -0.39 is 0 Å². The lowest BCUT2D eigenvalue weighted by Crippen LogP contribution is -2.10. The van der Waals surface area contributed by atoms with Gasteiger partial charge in [-0.15, -0.1) is 0 Å². The molecule has 0 unspecified atom stereocenters. The fourth-order valence-electron chi connectivity index (χ4n) is 9.83. The van der Waals surface area contributed by atoms with E-state index in [0.717, 1.165) is 67.0 Å². The SMILES string of the molecule is c1ccc(-n2c3ccccc3c3ccc(N(c4ccc(-c5ccc(-n6c7ccccc7c7cc8ccccc8cc76)cc5)cc4)c4cccc5c4oc4ccccc45)cc32)cc1. The van der Waals surface area contributed by atoms with Crippen LogP contribution in [0.15, 0.2) is 229 Å². The van der Waals surface area contributed by atoms with Crippen molar-refractivity contribution < 1.29 is 4.42 Å². The highest BCUT2D eigenvalue weighted by Crippen LogP contribution is 2.44. The fraction of sp³-hybridized carbons (Fsp3) is 0. The number of hydrogen-bond acceptors (Lipinski definition) is 2. The molecule has 0 amide bonds. The molecule has 0 aliphatic heterocycles. The number of benzene rings is 10. The summed E-state index contributed by atoms with van der Waals surface area (Å²) in [5.41, 5.74) is 14.1. The van der Waals surface area contributed by atoms with Gasteiger partial charge in [-0.3, -0.25) is 0 Å². The number of nitrogens with zero attached hydrogens (tertiary/aromatic N) is 3. The standard InChI is InChI=1S/C58H37N3O/c1-2-15-42(16-3-1)60-52-21-9-6-17-46(52)48-34-33-45(37-56(48)60)59(54-23-12-20-50-49-19-8-11-24-57(49)62-58(50)54)43-29-25-38(26-30-43)39-27-31-44(32-28-39)61-53-22-10-7-18-47(53)51-35-40-13-4-5-14-41(40)36-55(51)61/h1-37H. The molecule has 0 atom stereocenters. The van der Waals surface area contributed by atoms with Gasteiger partial charge in [0.05, 0.1) is 27.8 Å². The van der Waals surface area contributed by atoms with Gasteiger partial charge in [0.25, 0.3) is 0 Å². The highest BCUT2D eigenvalue weighted by molar-refractivity contribution is 6.14. The van der Waals surface area contributed by atoms with Crippen molar-refractivity contribution in [2.75, 3.05) is 4.90 Å². The zero-order chi connectivity index (χ0) is 40.7. The molecule has 0 saturated carbocycles. The van der Waals surface area contributed by atoms with E-state index in [4.69, 9.17) is 4.42 Å². The Balaban J connectivity index is 0.944. The predicted octanol–water partition coefficient (Wildman–Crippen LogP) is 16.1. The number of aromatic nitrogens is 2.